The summed E-state index contributed by atoms with van der Waals surface area (Å²) in [7, 11) is 0. The van der Waals surface area contributed by atoms with Gasteiger partial charge in [-0.25, -0.2) is 19.9 Å². The van der Waals surface area contributed by atoms with Crippen LogP contribution in [0.15, 0.2) is 478 Å². The van der Waals surface area contributed by atoms with Crippen molar-refractivity contribution in [3.05, 3.63) is 473 Å². The van der Waals surface area contributed by atoms with Gasteiger partial charge in [-0.3, -0.25) is 0 Å². The first kappa shape index (κ1) is 78.1. The maximum atomic E-state index is 6.44. The van der Waals surface area contributed by atoms with E-state index in [1.165, 1.54) is 140 Å². The lowest BCUT2D eigenvalue weighted by molar-refractivity contribution is 0.669. The van der Waals surface area contributed by atoms with E-state index >= 15 is 0 Å². The highest BCUT2D eigenvalue weighted by Gasteiger charge is 2.26. The first-order chi connectivity index (χ1) is 67.4. The van der Waals surface area contributed by atoms with Gasteiger partial charge >= 0.3 is 0 Å². The number of hydrogen-bond donors (Lipinski definition) is 0. The Hall–Kier alpha value is -17.8. The predicted octanol–water partition coefficient (Wildman–Crippen LogP) is 35.0. The van der Waals surface area contributed by atoms with Crippen LogP contribution in [0.3, 0.4) is 0 Å². The summed E-state index contributed by atoms with van der Waals surface area (Å²) in [5.41, 5.74) is 33.7. The van der Waals surface area contributed by atoms with Crippen LogP contribution >= 0.6 is 11.3 Å². The minimum Gasteiger partial charge on any atom is -0.456 e. The molecule has 0 spiro atoms. The standard InChI is InChI=1S/C64H39N3O.C64H39N3S/c1-2-12-40(13-3-1)41-22-24-42(25-23-41)43-26-28-45(29-27-43)63-64(66-56-20-10-9-19-55(56)65-63)46-30-34-48(35-31-46)67-57-37-33-44-14-4-5-15-49(44)61(57)62-53-18-7-6-16-50(53)54(39-58(62)67)47-32-36-52-51-17-8-11-21-59(51)68-60(52)38-47;1-2-13-40(14-3-1)45-16-12-17-46(37-45)41-25-27-43(28-26-41)63-64(66-56-23-10-9-22-55(56)65-63)44-29-33-48(34-30-44)67-57-35-31-42-15-4-5-18-49(42)61(57)62-52-21-7-6-19-50(52)53(39-58(62)67)47-32-36-60-54(38-47)51-20-8-11-24-59(51)68-60/h2*1-39H. The zero-order chi connectivity index (χ0) is 89.4. The Bertz CT molecular complexity index is 9700. The van der Waals surface area contributed by atoms with Gasteiger partial charge in [-0.15, -0.1) is 11.3 Å². The number of nitrogens with zero attached hydrogens (tertiary/aromatic N) is 6. The molecule has 28 aromatic rings. The van der Waals surface area contributed by atoms with Gasteiger partial charge in [-0.05, 0) is 225 Å². The van der Waals surface area contributed by atoms with Gasteiger partial charge < -0.3 is 13.6 Å². The lowest BCUT2D eigenvalue weighted by atomic mass is 9.93. The van der Waals surface area contributed by atoms with E-state index < -0.39 is 0 Å². The van der Waals surface area contributed by atoms with Crippen molar-refractivity contribution in [2.45, 2.75) is 0 Å². The van der Waals surface area contributed by atoms with E-state index in [1.54, 1.807) is 0 Å². The summed E-state index contributed by atoms with van der Waals surface area (Å²) >= 11 is 1.86. The third-order valence-electron chi connectivity index (χ3n) is 27.6. The Morgan fingerprint density at radius 3 is 0.978 bits per heavy atom. The first-order valence-electron chi connectivity index (χ1n) is 46.3. The van der Waals surface area contributed by atoms with Gasteiger partial charge in [0.05, 0.1) is 66.9 Å². The molecule has 0 fully saturated rings. The normalized spacial score (nSPS) is 11.8. The van der Waals surface area contributed by atoms with Crippen LogP contribution in [0.2, 0.25) is 0 Å². The smallest absolute Gasteiger partial charge is 0.136 e. The van der Waals surface area contributed by atoms with E-state index in [-0.39, 0.29) is 0 Å². The molecule has 0 aliphatic rings. The molecule has 632 valence electrons. The fourth-order valence-electron chi connectivity index (χ4n) is 21.1. The summed E-state index contributed by atoms with van der Waals surface area (Å²) in [6, 6.07) is 170. The van der Waals surface area contributed by atoms with Gasteiger partial charge in [0.25, 0.3) is 0 Å². The van der Waals surface area contributed by atoms with Crippen LogP contribution in [0, 0.1) is 0 Å². The van der Waals surface area contributed by atoms with Crippen molar-refractivity contribution < 1.29 is 4.42 Å². The number of para-hydroxylation sites is 5. The number of thiophene rings is 1. The van der Waals surface area contributed by atoms with Gasteiger partial charge in [0.15, 0.2) is 0 Å². The average molecular weight is 1750 g/mol. The molecule has 22 aromatic carbocycles. The minimum atomic E-state index is 0.845. The number of benzene rings is 22. The van der Waals surface area contributed by atoms with Crippen molar-refractivity contribution in [2.24, 2.45) is 0 Å². The third-order valence-corrected chi connectivity index (χ3v) is 28.7. The van der Waals surface area contributed by atoms with Crippen LogP contribution in [0.25, 0.3) is 274 Å². The Kier molecular flexibility index (Phi) is 18.4. The molecule has 0 unspecified atom stereocenters. The highest BCUT2D eigenvalue weighted by molar-refractivity contribution is 7.25. The van der Waals surface area contributed by atoms with Crippen LogP contribution in [0.1, 0.15) is 0 Å². The van der Waals surface area contributed by atoms with Crippen LogP contribution in [-0.4, -0.2) is 29.1 Å². The van der Waals surface area contributed by atoms with E-state index in [1.807, 2.05) is 65.9 Å². The van der Waals surface area contributed by atoms with E-state index in [0.717, 1.165) is 134 Å². The highest BCUT2D eigenvalue weighted by Crippen LogP contribution is 2.50. The summed E-state index contributed by atoms with van der Waals surface area (Å²) in [5, 5.41) is 19.7. The lowest BCUT2D eigenvalue weighted by Crippen LogP contribution is -1.97. The maximum Gasteiger partial charge on any atom is 0.136 e. The van der Waals surface area contributed by atoms with E-state index in [9.17, 15) is 0 Å². The molecule has 0 saturated carbocycles. The average Bonchev–Trinajstić information content (AvgIpc) is 1.55. The fourth-order valence-corrected chi connectivity index (χ4v) is 22.2. The second-order valence-corrected chi connectivity index (χ2v) is 36.4. The fraction of sp³-hybridized carbons (Fsp3) is 0. The van der Waals surface area contributed by atoms with Gasteiger partial charge in [0.2, 0.25) is 0 Å². The monoisotopic (exact) mass is 1750 g/mol. The van der Waals surface area contributed by atoms with Crippen LogP contribution in [0.5, 0.6) is 0 Å². The molecule has 0 saturated heterocycles. The predicted molar refractivity (Wildman–Crippen MR) is 572 cm³/mol. The number of aromatic nitrogens is 6. The molecular formula is C128H78N6OS. The summed E-state index contributed by atoms with van der Waals surface area (Å²) < 4.78 is 14.0. The summed E-state index contributed by atoms with van der Waals surface area (Å²) in [4.78, 5) is 21.2. The first-order valence-corrected chi connectivity index (χ1v) is 47.1. The van der Waals surface area contributed by atoms with Crippen LogP contribution in [0.4, 0.5) is 0 Å². The molecule has 0 atom stereocenters. The summed E-state index contributed by atoms with van der Waals surface area (Å²) in [5.74, 6) is 0. The van der Waals surface area contributed by atoms with Crippen molar-refractivity contribution in [1.82, 2.24) is 29.1 Å². The van der Waals surface area contributed by atoms with Crippen LogP contribution in [-0.2, 0) is 0 Å². The SMILES string of the molecule is c1ccc(-c2ccc(-c3ccc(-c4nc5ccccc5nc4-c4ccc(-n5c6ccc7ccccc7c6c6c7ccccc7c(-c7ccc8c(c7)oc7ccccc78)cc65)cc4)cc3)cc2)cc1.c1ccc(-c2cccc(-c3ccc(-c4nc5ccccc5nc4-c4ccc(-n5c6ccc7ccccc7c6c6c7ccccc7c(-c7ccc8sc9ccccc9c8c7)cc65)cc4)cc3)c2)cc1. The highest BCUT2D eigenvalue weighted by atomic mass is 32.1. The van der Waals surface area contributed by atoms with Gasteiger partial charge in [0.1, 0.15) is 11.2 Å². The van der Waals surface area contributed by atoms with E-state index in [0.29, 0.717) is 0 Å². The largest absolute Gasteiger partial charge is 0.456 e. The molecule has 28 rings (SSSR count). The second kappa shape index (κ2) is 32.0. The molecule has 0 amide bonds. The number of rotatable bonds is 12. The molecule has 0 N–H and O–H groups in total. The third kappa shape index (κ3) is 13.2. The van der Waals surface area contributed by atoms with E-state index in [2.05, 4.69) is 428 Å². The Morgan fingerprint density at radius 1 is 0.176 bits per heavy atom. The molecule has 0 radical (unpaired) electrons. The van der Waals surface area contributed by atoms with Gasteiger partial charge in [0, 0.05) is 86.1 Å². The minimum absolute atomic E-state index is 0.845. The second-order valence-electron chi connectivity index (χ2n) is 35.3. The Morgan fingerprint density at radius 2 is 0.500 bits per heavy atom. The summed E-state index contributed by atoms with van der Waals surface area (Å²) in [6.45, 7) is 0. The number of furan rings is 1. The molecule has 6 heterocycles. The summed E-state index contributed by atoms with van der Waals surface area (Å²) in [6.07, 6.45) is 0. The van der Waals surface area contributed by atoms with Crippen molar-refractivity contribution in [3.63, 3.8) is 0 Å². The molecule has 7 nitrogen and oxygen atoms in total. The topological polar surface area (TPSA) is 74.6 Å². The molecule has 0 aliphatic carbocycles. The number of hydrogen-bond acceptors (Lipinski definition) is 6. The van der Waals surface area contributed by atoms with Crippen molar-refractivity contribution in [1.29, 1.82) is 0 Å². The van der Waals surface area contributed by atoms with Crippen molar-refractivity contribution in [3.8, 4) is 123 Å². The quantitative estimate of drug-likeness (QED) is 0.122. The van der Waals surface area contributed by atoms with Gasteiger partial charge in [-0.2, -0.15) is 0 Å². The zero-order valence-electron chi connectivity index (χ0n) is 73.5. The van der Waals surface area contributed by atoms with Gasteiger partial charge in [-0.1, -0.05) is 358 Å². The maximum absolute atomic E-state index is 6.44. The van der Waals surface area contributed by atoms with Crippen molar-refractivity contribution >= 4 is 162 Å². The van der Waals surface area contributed by atoms with Crippen molar-refractivity contribution in [2.75, 3.05) is 0 Å². The van der Waals surface area contributed by atoms with Crippen LogP contribution < -0.4 is 0 Å². The molecule has 6 aromatic heterocycles. The Labute approximate surface area is 786 Å². The molecule has 136 heavy (non-hydrogen) atoms. The molecule has 8 heteroatoms. The molecule has 0 aliphatic heterocycles. The molecule has 0 bridgehead atoms. The Balaban J connectivity index is 0.000000138. The van der Waals surface area contributed by atoms with E-state index in [4.69, 9.17) is 24.4 Å². The number of fused-ring (bicyclic) bond motifs is 22. The molecular weight excluding hydrogens is 1670 g/mol. The lowest BCUT2D eigenvalue weighted by Gasteiger charge is -2.14. The zero-order valence-corrected chi connectivity index (χ0v) is 74.3.